The topological polar surface area (TPSA) is 46.6 Å². The SMILES string of the molecule is CN(CCOc1ccc(Br)cc1)S(=O)(=O)c1ccc(F)c(F)c1. The molecular weight excluding hydrogens is 392 g/mol. The van der Waals surface area contributed by atoms with Crippen molar-refractivity contribution in [3.8, 4) is 5.75 Å². The van der Waals surface area contributed by atoms with Crippen molar-refractivity contribution in [2.45, 2.75) is 4.90 Å². The van der Waals surface area contributed by atoms with E-state index in [4.69, 9.17) is 4.74 Å². The second kappa shape index (κ2) is 7.37. The molecule has 2 aromatic carbocycles. The molecule has 0 heterocycles. The van der Waals surface area contributed by atoms with Gasteiger partial charge >= 0.3 is 0 Å². The van der Waals surface area contributed by atoms with E-state index in [2.05, 4.69) is 15.9 Å². The standard InChI is InChI=1S/C15H14BrF2NO3S/c1-19(8-9-22-12-4-2-11(16)3-5-12)23(20,21)13-6-7-14(17)15(18)10-13/h2-7,10H,8-9H2,1H3. The van der Waals surface area contributed by atoms with E-state index in [1.807, 2.05) is 0 Å². The zero-order chi connectivity index (χ0) is 17.0. The number of benzene rings is 2. The lowest BCUT2D eigenvalue weighted by Gasteiger charge is -2.17. The van der Waals surface area contributed by atoms with E-state index in [0.717, 1.165) is 20.9 Å². The number of rotatable bonds is 6. The molecular formula is C15H14BrF2NO3S. The maximum absolute atomic E-state index is 13.2. The fourth-order valence-electron chi connectivity index (χ4n) is 1.76. The van der Waals surface area contributed by atoms with Crippen LogP contribution >= 0.6 is 15.9 Å². The van der Waals surface area contributed by atoms with Crippen molar-refractivity contribution < 1.29 is 21.9 Å². The third kappa shape index (κ3) is 4.49. The molecule has 0 fully saturated rings. The number of likely N-dealkylation sites (N-methyl/N-ethyl adjacent to an activating group) is 1. The van der Waals surface area contributed by atoms with E-state index >= 15 is 0 Å². The lowest BCUT2D eigenvalue weighted by molar-refractivity contribution is 0.287. The molecule has 0 unspecified atom stereocenters. The summed E-state index contributed by atoms with van der Waals surface area (Å²) >= 11 is 3.30. The van der Waals surface area contributed by atoms with Gasteiger partial charge in [-0.1, -0.05) is 15.9 Å². The van der Waals surface area contributed by atoms with Gasteiger partial charge in [-0.3, -0.25) is 0 Å². The van der Waals surface area contributed by atoms with E-state index < -0.39 is 21.7 Å². The molecule has 0 atom stereocenters. The lowest BCUT2D eigenvalue weighted by atomic mass is 10.3. The van der Waals surface area contributed by atoms with E-state index in [1.165, 1.54) is 7.05 Å². The zero-order valence-electron chi connectivity index (χ0n) is 12.2. The second-order valence-electron chi connectivity index (χ2n) is 4.70. The van der Waals surface area contributed by atoms with Crippen LogP contribution in [-0.4, -0.2) is 32.9 Å². The minimum atomic E-state index is -3.90. The second-order valence-corrected chi connectivity index (χ2v) is 7.67. The van der Waals surface area contributed by atoms with Crippen LogP contribution in [0.2, 0.25) is 0 Å². The van der Waals surface area contributed by atoms with Crippen LogP contribution in [0.1, 0.15) is 0 Å². The normalized spacial score (nSPS) is 11.7. The van der Waals surface area contributed by atoms with Crippen molar-refractivity contribution in [2.75, 3.05) is 20.2 Å². The Labute approximate surface area is 141 Å². The third-order valence-corrected chi connectivity index (χ3v) is 5.47. The molecule has 0 N–H and O–H groups in total. The smallest absolute Gasteiger partial charge is 0.243 e. The van der Waals surface area contributed by atoms with Crippen molar-refractivity contribution in [2.24, 2.45) is 0 Å². The van der Waals surface area contributed by atoms with Crippen LogP contribution in [0.4, 0.5) is 8.78 Å². The Morgan fingerprint density at radius 3 is 2.35 bits per heavy atom. The van der Waals surface area contributed by atoms with Crippen LogP contribution in [-0.2, 0) is 10.0 Å². The van der Waals surface area contributed by atoms with Crippen molar-refractivity contribution in [3.05, 3.63) is 58.6 Å². The van der Waals surface area contributed by atoms with Crippen LogP contribution in [0, 0.1) is 11.6 Å². The Balaban J connectivity index is 1.99. The summed E-state index contributed by atoms with van der Waals surface area (Å²) in [5.74, 6) is -1.69. The van der Waals surface area contributed by atoms with Crippen LogP contribution in [0.15, 0.2) is 51.8 Å². The molecule has 0 aromatic heterocycles. The fraction of sp³-hybridized carbons (Fsp3) is 0.200. The van der Waals surface area contributed by atoms with Crippen molar-refractivity contribution in [3.63, 3.8) is 0 Å². The summed E-state index contributed by atoms with van der Waals surface area (Å²) in [7, 11) is -2.55. The van der Waals surface area contributed by atoms with Gasteiger partial charge in [-0.2, -0.15) is 4.31 Å². The van der Waals surface area contributed by atoms with Gasteiger partial charge in [0.25, 0.3) is 0 Å². The van der Waals surface area contributed by atoms with Gasteiger partial charge in [0.15, 0.2) is 11.6 Å². The van der Waals surface area contributed by atoms with E-state index in [0.29, 0.717) is 11.8 Å². The molecule has 0 bridgehead atoms. The molecule has 2 aromatic rings. The molecule has 23 heavy (non-hydrogen) atoms. The highest BCUT2D eigenvalue weighted by atomic mass is 79.9. The molecule has 0 aliphatic rings. The molecule has 0 aliphatic heterocycles. The average molecular weight is 406 g/mol. The molecule has 8 heteroatoms. The van der Waals surface area contributed by atoms with Gasteiger partial charge < -0.3 is 4.74 Å². The quantitative estimate of drug-likeness (QED) is 0.739. The number of hydrogen-bond acceptors (Lipinski definition) is 3. The summed E-state index contributed by atoms with van der Waals surface area (Å²) in [6, 6.07) is 9.57. The Morgan fingerprint density at radius 2 is 1.74 bits per heavy atom. The van der Waals surface area contributed by atoms with Crippen LogP contribution in [0.3, 0.4) is 0 Å². The van der Waals surface area contributed by atoms with Gasteiger partial charge in [-0.05, 0) is 42.5 Å². The number of nitrogens with zero attached hydrogens (tertiary/aromatic N) is 1. The van der Waals surface area contributed by atoms with Crippen molar-refractivity contribution in [1.82, 2.24) is 4.31 Å². The summed E-state index contributed by atoms with van der Waals surface area (Å²) in [6.07, 6.45) is 0. The number of halogens is 3. The summed E-state index contributed by atoms with van der Waals surface area (Å²) in [4.78, 5) is -0.303. The van der Waals surface area contributed by atoms with Gasteiger partial charge in [0.2, 0.25) is 10.0 Å². The van der Waals surface area contributed by atoms with Crippen LogP contribution < -0.4 is 4.74 Å². The largest absolute Gasteiger partial charge is 0.492 e. The maximum Gasteiger partial charge on any atom is 0.243 e. The number of hydrogen-bond donors (Lipinski definition) is 0. The van der Waals surface area contributed by atoms with Crippen LogP contribution in [0.25, 0.3) is 0 Å². The minimum absolute atomic E-state index is 0.0669. The Kier molecular flexibility index (Phi) is 5.72. The maximum atomic E-state index is 13.2. The van der Waals surface area contributed by atoms with Crippen LogP contribution in [0.5, 0.6) is 5.75 Å². The molecule has 0 saturated heterocycles. The Bertz CT molecular complexity index is 782. The first-order chi connectivity index (χ1) is 10.8. The first-order valence-corrected chi connectivity index (χ1v) is 8.84. The highest BCUT2D eigenvalue weighted by Gasteiger charge is 2.22. The first kappa shape index (κ1) is 17.8. The number of ether oxygens (including phenoxy) is 1. The molecule has 124 valence electrons. The predicted octanol–water partition coefficient (Wildman–Crippen LogP) is 3.43. The van der Waals surface area contributed by atoms with Gasteiger partial charge in [-0.15, -0.1) is 0 Å². The molecule has 4 nitrogen and oxygen atoms in total. The summed E-state index contributed by atoms with van der Waals surface area (Å²) in [5.41, 5.74) is 0. The van der Waals surface area contributed by atoms with Gasteiger partial charge in [-0.25, -0.2) is 17.2 Å². The molecule has 0 radical (unpaired) electrons. The van der Waals surface area contributed by atoms with Gasteiger partial charge in [0.1, 0.15) is 12.4 Å². The highest BCUT2D eigenvalue weighted by Crippen LogP contribution is 2.18. The first-order valence-electron chi connectivity index (χ1n) is 6.60. The summed E-state index contributed by atoms with van der Waals surface area (Å²) in [5, 5.41) is 0. The Hall–Kier alpha value is -1.51. The molecule has 0 amide bonds. The number of sulfonamides is 1. The van der Waals surface area contributed by atoms with Crippen molar-refractivity contribution in [1.29, 1.82) is 0 Å². The fourth-order valence-corrected chi connectivity index (χ4v) is 3.19. The Morgan fingerprint density at radius 1 is 1.09 bits per heavy atom. The highest BCUT2D eigenvalue weighted by molar-refractivity contribution is 9.10. The van der Waals surface area contributed by atoms with E-state index in [-0.39, 0.29) is 18.0 Å². The van der Waals surface area contributed by atoms with Gasteiger partial charge in [0, 0.05) is 18.1 Å². The van der Waals surface area contributed by atoms with Gasteiger partial charge in [0.05, 0.1) is 4.90 Å². The monoisotopic (exact) mass is 405 g/mol. The lowest BCUT2D eigenvalue weighted by Crippen LogP contribution is -2.31. The summed E-state index contributed by atoms with van der Waals surface area (Å²) < 4.78 is 58.0. The molecule has 2 rings (SSSR count). The molecule has 0 spiro atoms. The third-order valence-electron chi connectivity index (χ3n) is 3.09. The zero-order valence-corrected chi connectivity index (χ0v) is 14.6. The van der Waals surface area contributed by atoms with E-state index in [1.54, 1.807) is 24.3 Å². The minimum Gasteiger partial charge on any atom is -0.492 e. The summed E-state index contributed by atoms with van der Waals surface area (Å²) in [6.45, 7) is 0.193. The molecule has 0 aliphatic carbocycles. The molecule has 0 saturated carbocycles. The van der Waals surface area contributed by atoms with E-state index in [9.17, 15) is 17.2 Å². The predicted molar refractivity (Wildman–Crippen MR) is 85.8 cm³/mol. The van der Waals surface area contributed by atoms with Crippen molar-refractivity contribution >= 4 is 26.0 Å². The average Bonchev–Trinajstić information content (AvgIpc) is 2.51.